The highest BCUT2D eigenvalue weighted by Gasteiger charge is 2.24. The lowest BCUT2D eigenvalue weighted by molar-refractivity contribution is -0.116. The molecule has 0 radical (unpaired) electrons. The molecule has 168 valence electrons. The second-order valence-corrected chi connectivity index (χ2v) is 8.61. The smallest absolute Gasteiger partial charge is 0.268 e. The predicted molar refractivity (Wildman–Crippen MR) is 124 cm³/mol. The summed E-state index contributed by atoms with van der Waals surface area (Å²) in [4.78, 5) is 28.3. The number of anilines is 1. The number of amides is 2. The molecule has 0 unspecified atom stereocenters. The molecule has 1 aromatic heterocycles. The van der Waals surface area contributed by atoms with Crippen LogP contribution in [0.1, 0.15) is 37.2 Å². The van der Waals surface area contributed by atoms with Crippen molar-refractivity contribution in [2.75, 3.05) is 18.4 Å². The molecule has 0 bridgehead atoms. The zero-order chi connectivity index (χ0) is 22.7. The first kappa shape index (κ1) is 22.0. The van der Waals surface area contributed by atoms with E-state index in [1.54, 1.807) is 4.57 Å². The summed E-state index contributed by atoms with van der Waals surface area (Å²) < 4.78 is 14.9. The first-order chi connectivity index (χ1) is 15.4. The standard InChI is InChI=1S/C25H29FN4O2/c1-17(2)29-13-11-21(12-14-29)28-25(32)23-15-18-5-3-4-6-22(18)30(23)16-24(31)27-20-9-7-19(26)8-10-20/h3-10,15,17,21H,11-14,16H2,1-2H3,(H,27,31)(H,28,32). The average Bonchev–Trinajstić information content (AvgIpc) is 3.14. The topological polar surface area (TPSA) is 66.4 Å². The Bertz CT molecular complexity index is 1100. The van der Waals surface area contributed by atoms with Gasteiger partial charge in [0.05, 0.1) is 0 Å². The molecule has 1 aliphatic heterocycles. The number of nitrogens with one attached hydrogen (secondary N) is 2. The quantitative estimate of drug-likeness (QED) is 0.613. The number of carbonyl (C=O) groups excluding carboxylic acids is 2. The van der Waals surface area contributed by atoms with Crippen molar-refractivity contribution in [1.82, 2.24) is 14.8 Å². The molecule has 32 heavy (non-hydrogen) atoms. The Morgan fingerprint density at radius 3 is 2.44 bits per heavy atom. The summed E-state index contributed by atoms with van der Waals surface area (Å²) in [5.41, 5.74) is 1.80. The second kappa shape index (κ2) is 9.53. The molecule has 0 aliphatic carbocycles. The summed E-state index contributed by atoms with van der Waals surface area (Å²) in [6.45, 7) is 6.29. The maximum Gasteiger partial charge on any atom is 0.268 e. The SMILES string of the molecule is CC(C)N1CCC(NC(=O)c2cc3ccccc3n2CC(=O)Nc2ccc(F)cc2)CC1. The molecular formula is C25H29FN4O2. The summed E-state index contributed by atoms with van der Waals surface area (Å²) in [6, 6.07) is 15.7. The Balaban J connectivity index is 1.50. The fraction of sp³-hybridized carbons (Fsp3) is 0.360. The van der Waals surface area contributed by atoms with Gasteiger partial charge in [-0.25, -0.2) is 4.39 Å². The van der Waals surface area contributed by atoms with Gasteiger partial charge in [0.25, 0.3) is 5.91 Å². The molecule has 3 aromatic rings. The zero-order valence-electron chi connectivity index (χ0n) is 18.5. The van der Waals surface area contributed by atoms with Crippen LogP contribution in [0.3, 0.4) is 0 Å². The van der Waals surface area contributed by atoms with Crippen molar-refractivity contribution in [1.29, 1.82) is 0 Å². The summed E-state index contributed by atoms with van der Waals surface area (Å²) in [6.07, 6.45) is 1.82. The number of rotatable bonds is 6. The third-order valence-corrected chi connectivity index (χ3v) is 6.07. The van der Waals surface area contributed by atoms with E-state index in [0.717, 1.165) is 36.8 Å². The Hall–Kier alpha value is -3.19. The predicted octanol–water partition coefficient (Wildman–Crippen LogP) is 4.02. The number of aromatic nitrogens is 1. The number of hydrogen-bond acceptors (Lipinski definition) is 3. The summed E-state index contributed by atoms with van der Waals surface area (Å²) >= 11 is 0. The molecule has 2 amide bonds. The number of nitrogens with zero attached hydrogens (tertiary/aromatic N) is 2. The third-order valence-electron chi connectivity index (χ3n) is 6.07. The van der Waals surface area contributed by atoms with E-state index in [4.69, 9.17) is 0 Å². The van der Waals surface area contributed by atoms with E-state index in [2.05, 4.69) is 29.4 Å². The van der Waals surface area contributed by atoms with E-state index < -0.39 is 0 Å². The minimum Gasteiger partial charge on any atom is -0.348 e. The normalized spacial score (nSPS) is 15.2. The van der Waals surface area contributed by atoms with E-state index in [1.807, 2.05) is 30.3 Å². The highest BCUT2D eigenvalue weighted by Crippen LogP contribution is 2.21. The molecule has 2 aromatic carbocycles. The zero-order valence-corrected chi connectivity index (χ0v) is 18.5. The van der Waals surface area contributed by atoms with Crippen LogP contribution in [0.2, 0.25) is 0 Å². The van der Waals surface area contributed by atoms with Crippen LogP contribution >= 0.6 is 0 Å². The largest absolute Gasteiger partial charge is 0.348 e. The fourth-order valence-corrected chi connectivity index (χ4v) is 4.27. The monoisotopic (exact) mass is 436 g/mol. The lowest BCUT2D eigenvalue weighted by Gasteiger charge is -2.34. The highest BCUT2D eigenvalue weighted by molar-refractivity contribution is 6.00. The van der Waals surface area contributed by atoms with E-state index in [0.29, 0.717) is 17.4 Å². The van der Waals surface area contributed by atoms with E-state index in [-0.39, 0.29) is 30.2 Å². The van der Waals surface area contributed by atoms with Crippen molar-refractivity contribution >= 4 is 28.4 Å². The third kappa shape index (κ3) is 4.99. The van der Waals surface area contributed by atoms with Crippen LogP contribution in [0.4, 0.5) is 10.1 Å². The lowest BCUT2D eigenvalue weighted by Crippen LogP contribution is -2.47. The van der Waals surface area contributed by atoms with Gasteiger partial charge in [-0.3, -0.25) is 9.59 Å². The summed E-state index contributed by atoms with van der Waals surface area (Å²) in [5.74, 6) is -0.811. The molecule has 7 heteroatoms. The number of benzene rings is 2. The van der Waals surface area contributed by atoms with Gasteiger partial charge in [0.1, 0.15) is 18.1 Å². The van der Waals surface area contributed by atoms with Gasteiger partial charge in [-0.15, -0.1) is 0 Å². The molecular weight excluding hydrogens is 407 g/mol. The van der Waals surface area contributed by atoms with Gasteiger partial charge in [-0.1, -0.05) is 18.2 Å². The van der Waals surface area contributed by atoms with Crippen LogP contribution in [0.5, 0.6) is 0 Å². The number of halogens is 1. The molecule has 0 spiro atoms. The van der Waals surface area contributed by atoms with Crippen molar-refractivity contribution in [2.24, 2.45) is 0 Å². The van der Waals surface area contributed by atoms with Gasteiger partial charge in [0, 0.05) is 41.8 Å². The minimum absolute atomic E-state index is 0.0144. The van der Waals surface area contributed by atoms with Crippen LogP contribution in [0.25, 0.3) is 10.9 Å². The average molecular weight is 437 g/mol. The molecule has 1 fully saturated rings. The number of piperidine rings is 1. The molecule has 1 aliphatic rings. The maximum atomic E-state index is 13.2. The fourth-order valence-electron chi connectivity index (χ4n) is 4.27. The van der Waals surface area contributed by atoms with E-state index in [9.17, 15) is 14.0 Å². The minimum atomic E-state index is -0.363. The van der Waals surface area contributed by atoms with Crippen LogP contribution < -0.4 is 10.6 Å². The summed E-state index contributed by atoms with van der Waals surface area (Å²) in [5, 5.41) is 6.84. The highest BCUT2D eigenvalue weighted by atomic mass is 19.1. The van der Waals surface area contributed by atoms with Gasteiger partial charge in [0.15, 0.2) is 0 Å². The lowest BCUT2D eigenvalue weighted by atomic mass is 10.0. The number of para-hydroxylation sites is 1. The molecule has 4 rings (SSSR count). The van der Waals surface area contributed by atoms with Gasteiger partial charge >= 0.3 is 0 Å². The Morgan fingerprint density at radius 2 is 1.75 bits per heavy atom. The summed E-state index contributed by atoms with van der Waals surface area (Å²) in [7, 11) is 0. The molecule has 2 heterocycles. The number of likely N-dealkylation sites (tertiary alicyclic amines) is 1. The van der Waals surface area contributed by atoms with Crippen molar-refractivity contribution in [3.8, 4) is 0 Å². The molecule has 2 N–H and O–H groups in total. The van der Waals surface area contributed by atoms with Crippen molar-refractivity contribution < 1.29 is 14.0 Å². The number of hydrogen-bond donors (Lipinski definition) is 2. The van der Waals surface area contributed by atoms with Crippen LogP contribution in [0, 0.1) is 5.82 Å². The van der Waals surface area contributed by atoms with Gasteiger partial charge in [-0.05, 0) is 63.1 Å². The van der Waals surface area contributed by atoms with Crippen molar-refractivity contribution in [3.63, 3.8) is 0 Å². The van der Waals surface area contributed by atoms with Crippen LogP contribution in [0.15, 0.2) is 54.6 Å². The van der Waals surface area contributed by atoms with Gasteiger partial charge in [-0.2, -0.15) is 0 Å². The van der Waals surface area contributed by atoms with E-state index in [1.165, 1.54) is 24.3 Å². The van der Waals surface area contributed by atoms with Crippen molar-refractivity contribution in [3.05, 3.63) is 66.1 Å². The molecule has 0 atom stereocenters. The molecule has 1 saturated heterocycles. The van der Waals surface area contributed by atoms with E-state index >= 15 is 0 Å². The molecule has 0 saturated carbocycles. The second-order valence-electron chi connectivity index (χ2n) is 8.61. The molecule has 6 nitrogen and oxygen atoms in total. The Labute approximate surface area is 187 Å². The number of carbonyl (C=O) groups is 2. The van der Waals surface area contributed by atoms with Gasteiger partial charge in [0.2, 0.25) is 5.91 Å². The maximum absolute atomic E-state index is 13.2. The Kier molecular flexibility index (Phi) is 6.55. The Morgan fingerprint density at radius 1 is 1.06 bits per heavy atom. The van der Waals surface area contributed by atoms with Crippen LogP contribution in [-0.2, 0) is 11.3 Å². The van der Waals surface area contributed by atoms with Crippen LogP contribution in [-0.4, -0.2) is 46.5 Å². The van der Waals surface area contributed by atoms with Crippen molar-refractivity contribution in [2.45, 2.75) is 45.3 Å². The first-order valence-corrected chi connectivity index (χ1v) is 11.1. The van der Waals surface area contributed by atoms with Gasteiger partial charge < -0.3 is 20.1 Å². The number of fused-ring (bicyclic) bond motifs is 1. The first-order valence-electron chi connectivity index (χ1n) is 11.1.